The molecular formula is C46H44N6O7. The molecule has 2 fully saturated rings. The van der Waals surface area contributed by atoms with Gasteiger partial charge in [-0.2, -0.15) is 0 Å². The molecule has 7 heterocycles. The first kappa shape index (κ1) is 36.6. The van der Waals surface area contributed by atoms with E-state index in [2.05, 4.69) is 29.0 Å². The van der Waals surface area contributed by atoms with Crippen LogP contribution >= 0.6 is 0 Å². The third kappa shape index (κ3) is 5.81. The van der Waals surface area contributed by atoms with E-state index in [0.717, 1.165) is 74.0 Å². The van der Waals surface area contributed by atoms with Crippen molar-refractivity contribution >= 4 is 45.6 Å². The molecule has 0 saturated carbocycles. The smallest absolute Gasteiger partial charge is 0.328 e. The lowest BCUT2D eigenvalue weighted by Gasteiger charge is -2.46. The molecule has 4 unspecified atom stereocenters. The number of benzene rings is 4. The second kappa shape index (κ2) is 14.3. The molecule has 11 rings (SSSR count). The molecule has 0 aliphatic carbocycles. The van der Waals surface area contributed by atoms with Crippen LogP contribution in [0.2, 0.25) is 0 Å². The Kier molecular flexibility index (Phi) is 8.84. The Bertz CT molecular complexity index is 2670. The molecular weight excluding hydrogens is 749 g/mol. The molecule has 0 bridgehead atoms. The Morgan fingerprint density at radius 3 is 1.95 bits per heavy atom. The number of urea groups is 1. The summed E-state index contributed by atoms with van der Waals surface area (Å²) in [5.41, 5.74) is 8.10. The molecule has 2 saturated heterocycles. The van der Waals surface area contributed by atoms with Crippen LogP contribution in [0.15, 0.2) is 91.0 Å². The third-order valence-corrected chi connectivity index (χ3v) is 12.5. The lowest BCUT2D eigenvalue weighted by atomic mass is 9.86. The maximum atomic E-state index is 13.4. The van der Waals surface area contributed by atoms with Crippen molar-refractivity contribution in [1.82, 2.24) is 29.6 Å². The van der Waals surface area contributed by atoms with Gasteiger partial charge in [0.2, 0.25) is 18.6 Å². The summed E-state index contributed by atoms with van der Waals surface area (Å²) in [6.07, 6.45) is 2.81. The minimum absolute atomic E-state index is 0.0220. The van der Waals surface area contributed by atoms with Crippen LogP contribution in [0.1, 0.15) is 65.5 Å². The van der Waals surface area contributed by atoms with Crippen LogP contribution in [0.3, 0.4) is 0 Å². The molecule has 5 amide bonds. The van der Waals surface area contributed by atoms with Crippen molar-refractivity contribution in [2.24, 2.45) is 0 Å². The quantitative estimate of drug-likeness (QED) is 0.185. The van der Waals surface area contributed by atoms with Crippen LogP contribution in [0.4, 0.5) is 4.79 Å². The monoisotopic (exact) mass is 792 g/mol. The van der Waals surface area contributed by atoms with E-state index in [1.165, 1.54) is 9.80 Å². The number of nitrogens with one attached hydrogen (secondary N) is 2. The van der Waals surface area contributed by atoms with Crippen molar-refractivity contribution < 1.29 is 33.4 Å². The molecule has 4 aromatic carbocycles. The number of ether oxygens (including phenoxy) is 3. The number of nitrogens with zero attached hydrogens (tertiary/aromatic N) is 4. The number of aromatic amines is 2. The van der Waals surface area contributed by atoms with E-state index >= 15 is 0 Å². The maximum Gasteiger partial charge on any atom is 0.328 e. The van der Waals surface area contributed by atoms with Gasteiger partial charge < -0.3 is 34.0 Å². The number of carbonyl (C=O) groups is 4. The van der Waals surface area contributed by atoms with Crippen LogP contribution in [-0.2, 0) is 27.2 Å². The number of aromatic nitrogens is 2. The number of H-pyrrole nitrogens is 2. The molecule has 2 aromatic heterocycles. The van der Waals surface area contributed by atoms with E-state index in [9.17, 15) is 19.2 Å². The van der Waals surface area contributed by atoms with Gasteiger partial charge in [0.1, 0.15) is 23.9 Å². The molecule has 2 N–H and O–H groups in total. The van der Waals surface area contributed by atoms with Crippen LogP contribution in [0, 0.1) is 0 Å². The summed E-state index contributed by atoms with van der Waals surface area (Å²) in [6.45, 7) is 2.82. The number of hydrogen-bond donors (Lipinski definition) is 2. The van der Waals surface area contributed by atoms with E-state index < -0.39 is 12.1 Å². The summed E-state index contributed by atoms with van der Waals surface area (Å²) in [5.74, 6) is 1.96. The third-order valence-electron chi connectivity index (χ3n) is 12.5. The van der Waals surface area contributed by atoms with Crippen LogP contribution in [0.25, 0.3) is 21.8 Å². The number of unbranched alkanes of at least 4 members (excludes halogenated alkanes) is 1. The van der Waals surface area contributed by atoms with Crippen molar-refractivity contribution in [3.8, 4) is 17.2 Å². The minimum atomic E-state index is -0.511. The lowest BCUT2D eigenvalue weighted by Crippen LogP contribution is -2.62. The number of fused-ring (bicyclic) bond motifs is 9. The molecule has 4 atom stereocenters. The summed E-state index contributed by atoms with van der Waals surface area (Å²) in [5, 5.41) is 2.22. The Labute approximate surface area is 340 Å². The van der Waals surface area contributed by atoms with Crippen molar-refractivity contribution in [2.45, 2.75) is 56.8 Å². The zero-order valence-corrected chi connectivity index (χ0v) is 33.1. The Hall–Kier alpha value is -6.76. The van der Waals surface area contributed by atoms with E-state index in [0.29, 0.717) is 30.9 Å². The molecule has 5 aliphatic heterocycles. The highest BCUT2D eigenvalue weighted by molar-refractivity contribution is 6.06. The zero-order chi connectivity index (χ0) is 40.5. The number of amides is 5. The van der Waals surface area contributed by atoms with E-state index in [1.54, 1.807) is 24.0 Å². The number of rotatable bonds is 6. The van der Waals surface area contributed by atoms with E-state index in [1.807, 2.05) is 78.9 Å². The molecule has 59 heavy (non-hydrogen) atoms. The number of imide groups is 1. The fraction of sp³-hybridized carbons (Fsp3) is 0.304. The predicted octanol–water partition coefficient (Wildman–Crippen LogP) is 6.47. The number of methoxy groups -OCH3 is 1. The van der Waals surface area contributed by atoms with Gasteiger partial charge in [0.25, 0.3) is 5.91 Å². The number of para-hydroxylation sites is 2. The first-order valence-electron chi connectivity index (χ1n) is 20.2. The first-order chi connectivity index (χ1) is 28.7. The molecule has 0 spiro atoms. The minimum Gasteiger partial charge on any atom is -0.497 e. The molecule has 5 aliphatic rings. The first-order valence-corrected chi connectivity index (χ1v) is 20.2. The predicted molar refractivity (Wildman–Crippen MR) is 219 cm³/mol. The molecule has 13 nitrogen and oxygen atoms in total. The van der Waals surface area contributed by atoms with E-state index in [-0.39, 0.29) is 49.2 Å². The fourth-order valence-corrected chi connectivity index (χ4v) is 9.62. The summed E-state index contributed by atoms with van der Waals surface area (Å²) >= 11 is 0. The standard InChI is InChI=1S/C24H25N3O3.C22H19N3O4/c1-3-4-13-26-23(28)20-14-18-17-7-5-6-8-19(17)25-21(18)22(27(20)24(26)29)15-9-11-16(30-2)12-10-15;1-24-10-19(26)25-16(22(24)27)9-14-13-4-2-3-5-15(13)23-20(14)21(25)12-6-7-17-18(8-12)29-11-28-17/h5-12,20,22,25H,3-4,13-14H2,1-2H3;2-8,16,21,23H,9-11H2,1H3. The average Bonchev–Trinajstić information content (AvgIpc) is 4.03. The van der Waals surface area contributed by atoms with Gasteiger partial charge in [0, 0.05) is 59.6 Å². The van der Waals surface area contributed by atoms with Crippen molar-refractivity contribution in [2.75, 3.05) is 34.0 Å². The van der Waals surface area contributed by atoms with Crippen LogP contribution < -0.4 is 14.2 Å². The summed E-state index contributed by atoms with van der Waals surface area (Å²) in [4.78, 5) is 66.3. The SMILES string of the molecule is CCCCN1C(=O)C2Cc3c([nH]c4ccccc34)C(c3ccc(OC)cc3)N2C1=O.CN1CC(=O)N2C(Cc3c([nH]c4ccccc34)C2c2ccc3c(c2)OCO3)C1=O. The Morgan fingerprint density at radius 1 is 0.712 bits per heavy atom. The van der Waals surface area contributed by atoms with Gasteiger partial charge in [-0.15, -0.1) is 0 Å². The summed E-state index contributed by atoms with van der Waals surface area (Å²) in [7, 11) is 3.33. The average molecular weight is 793 g/mol. The molecule has 300 valence electrons. The molecule has 6 aromatic rings. The van der Waals surface area contributed by atoms with Crippen LogP contribution in [0.5, 0.6) is 17.2 Å². The fourth-order valence-electron chi connectivity index (χ4n) is 9.62. The molecule has 13 heteroatoms. The topological polar surface area (TPSA) is 141 Å². The zero-order valence-electron chi connectivity index (χ0n) is 33.1. The maximum absolute atomic E-state index is 13.4. The van der Waals surface area contributed by atoms with Gasteiger partial charge in [-0.1, -0.05) is 67.9 Å². The lowest BCUT2D eigenvalue weighted by molar-refractivity contribution is -0.157. The van der Waals surface area contributed by atoms with Crippen molar-refractivity contribution in [3.05, 3.63) is 125 Å². The highest BCUT2D eigenvalue weighted by atomic mass is 16.7. The van der Waals surface area contributed by atoms with Gasteiger partial charge in [-0.3, -0.25) is 24.2 Å². The number of piperazine rings is 1. The van der Waals surface area contributed by atoms with Gasteiger partial charge in [0.05, 0.1) is 19.7 Å². The van der Waals surface area contributed by atoms with Crippen LogP contribution in [-0.4, -0.2) is 99.4 Å². The Morgan fingerprint density at radius 2 is 1.31 bits per heavy atom. The second-order valence-electron chi connectivity index (χ2n) is 15.8. The van der Waals surface area contributed by atoms with Crippen molar-refractivity contribution in [1.29, 1.82) is 0 Å². The van der Waals surface area contributed by atoms with Gasteiger partial charge in [-0.25, -0.2) is 4.79 Å². The van der Waals surface area contributed by atoms with Crippen molar-refractivity contribution in [3.63, 3.8) is 0 Å². The number of hydrogen-bond acceptors (Lipinski definition) is 7. The Balaban J connectivity index is 0.000000143. The van der Waals surface area contributed by atoms with Gasteiger partial charge in [-0.05, 0) is 65.1 Å². The number of likely N-dealkylation sites (N-methyl/N-ethyl adjacent to an activating group) is 1. The largest absolute Gasteiger partial charge is 0.497 e. The van der Waals surface area contributed by atoms with Gasteiger partial charge >= 0.3 is 6.03 Å². The molecule has 0 radical (unpaired) electrons. The van der Waals surface area contributed by atoms with Gasteiger partial charge in [0.15, 0.2) is 11.5 Å². The summed E-state index contributed by atoms with van der Waals surface area (Å²) in [6, 6.07) is 27.8. The summed E-state index contributed by atoms with van der Waals surface area (Å²) < 4.78 is 16.3. The second-order valence-corrected chi connectivity index (χ2v) is 15.8. The normalized spacial score (nSPS) is 21.7. The van der Waals surface area contributed by atoms with E-state index in [4.69, 9.17) is 14.2 Å². The highest BCUT2D eigenvalue weighted by Gasteiger charge is 2.52. The highest BCUT2D eigenvalue weighted by Crippen LogP contribution is 2.46. The number of carbonyl (C=O) groups excluding carboxylic acids is 4.